The molecule has 0 saturated heterocycles. The first-order valence-corrected chi connectivity index (χ1v) is 8.10. The van der Waals surface area contributed by atoms with E-state index in [0.29, 0.717) is 25.3 Å². The van der Waals surface area contributed by atoms with E-state index in [0.717, 1.165) is 29.9 Å². The molecule has 4 rings (SSSR count). The Labute approximate surface area is 139 Å². The van der Waals surface area contributed by atoms with Gasteiger partial charge >= 0.3 is 0 Å². The molecule has 0 spiro atoms. The summed E-state index contributed by atoms with van der Waals surface area (Å²) in [5.41, 5.74) is 1.59. The molecule has 1 aliphatic heterocycles. The van der Waals surface area contributed by atoms with E-state index in [1.807, 2.05) is 18.2 Å². The highest BCUT2D eigenvalue weighted by molar-refractivity contribution is 5.94. The van der Waals surface area contributed by atoms with Gasteiger partial charge in [-0.15, -0.1) is 0 Å². The molecule has 24 heavy (non-hydrogen) atoms. The van der Waals surface area contributed by atoms with E-state index in [9.17, 15) is 9.18 Å². The normalized spacial score (nSPS) is 17.2. The fourth-order valence-corrected chi connectivity index (χ4v) is 3.04. The van der Waals surface area contributed by atoms with Crippen molar-refractivity contribution in [2.75, 3.05) is 19.8 Å². The highest BCUT2D eigenvalue weighted by Gasteiger charge is 2.44. The molecule has 2 aromatic rings. The highest BCUT2D eigenvalue weighted by Crippen LogP contribution is 2.49. The zero-order valence-electron chi connectivity index (χ0n) is 13.2. The zero-order valence-corrected chi connectivity index (χ0v) is 13.2. The topological polar surface area (TPSA) is 47.6 Å². The Kier molecular flexibility index (Phi) is 3.63. The fraction of sp³-hybridized carbons (Fsp3) is 0.316. The molecule has 1 saturated carbocycles. The third kappa shape index (κ3) is 2.82. The molecule has 5 heteroatoms. The molecule has 2 aliphatic rings. The van der Waals surface area contributed by atoms with Crippen LogP contribution in [0, 0.1) is 5.82 Å². The van der Waals surface area contributed by atoms with Crippen LogP contribution >= 0.6 is 0 Å². The largest absolute Gasteiger partial charge is 0.486 e. The van der Waals surface area contributed by atoms with Gasteiger partial charge in [-0.1, -0.05) is 6.07 Å². The molecule has 0 bridgehead atoms. The summed E-state index contributed by atoms with van der Waals surface area (Å²) in [6, 6.07) is 11.6. The summed E-state index contributed by atoms with van der Waals surface area (Å²) in [6.45, 7) is 1.69. The molecule has 1 N–H and O–H groups in total. The van der Waals surface area contributed by atoms with Crippen molar-refractivity contribution in [2.45, 2.75) is 18.3 Å². The second-order valence-corrected chi connectivity index (χ2v) is 6.33. The maximum Gasteiger partial charge on any atom is 0.251 e. The second kappa shape index (κ2) is 5.82. The summed E-state index contributed by atoms with van der Waals surface area (Å²) in [7, 11) is 0. The van der Waals surface area contributed by atoms with Crippen molar-refractivity contribution in [1.29, 1.82) is 0 Å². The molecule has 0 atom stereocenters. The van der Waals surface area contributed by atoms with Gasteiger partial charge in [0.2, 0.25) is 0 Å². The maximum absolute atomic E-state index is 12.9. The molecule has 0 unspecified atom stereocenters. The molecule has 1 fully saturated rings. The standard InChI is InChI=1S/C19H18FNO3/c20-15-4-1-13(2-5-15)18(22)21-12-19(7-8-19)14-3-6-16-17(11-14)24-10-9-23-16/h1-6,11H,7-10,12H2,(H,21,22). The summed E-state index contributed by atoms with van der Waals surface area (Å²) in [5, 5.41) is 2.97. The number of amides is 1. The zero-order chi connectivity index (χ0) is 16.6. The van der Waals surface area contributed by atoms with Crippen molar-refractivity contribution < 1.29 is 18.7 Å². The van der Waals surface area contributed by atoms with Crippen LogP contribution in [-0.2, 0) is 5.41 Å². The average Bonchev–Trinajstić information content (AvgIpc) is 3.41. The van der Waals surface area contributed by atoms with E-state index in [-0.39, 0.29) is 17.1 Å². The number of hydrogen-bond donors (Lipinski definition) is 1. The first kappa shape index (κ1) is 15.0. The van der Waals surface area contributed by atoms with Crippen molar-refractivity contribution in [3.8, 4) is 11.5 Å². The molecule has 0 radical (unpaired) electrons. The van der Waals surface area contributed by atoms with E-state index < -0.39 is 0 Å². The van der Waals surface area contributed by atoms with E-state index in [4.69, 9.17) is 9.47 Å². The average molecular weight is 327 g/mol. The van der Waals surface area contributed by atoms with Crippen LogP contribution in [0.25, 0.3) is 0 Å². The summed E-state index contributed by atoms with van der Waals surface area (Å²) in [6.07, 6.45) is 2.05. The minimum absolute atomic E-state index is 0.0362. The van der Waals surface area contributed by atoms with Gasteiger partial charge in [0.1, 0.15) is 19.0 Å². The van der Waals surface area contributed by atoms with Crippen LogP contribution in [-0.4, -0.2) is 25.7 Å². The van der Waals surface area contributed by atoms with Gasteiger partial charge in [-0.3, -0.25) is 4.79 Å². The van der Waals surface area contributed by atoms with Gasteiger partial charge in [0, 0.05) is 17.5 Å². The number of carbonyl (C=O) groups excluding carboxylic acids is 1. The Morgan fingerprint density at radius 2 is 1.75 bits per heavy atom. The molecule has 0 aromatic heterocycles. The van der Waals surface area contributed by atoms with E-state index in [2.05, 4.69) is 5.32 Å². The molecule has 1 aliphatic carbocycles. The maximum atomic E-state index is 12.9. The van der Waals surface area contributed by atoms with Crippen molar-refractivity contribution in [3.63, 3.8) is 0 Å². The van der Waals surface area contributed by atoms with Crippen LogP contribution in [0.2, 0.25) is 0 Å². The Bertz CT molecular complexity index is 769. The van der Waals surface area contributed by atoms with Gasteiger partial charge < -0.3 is 14.8 Å². The number of nitrogens with one attached hydrogen (secondary N) is 1. The Morgan fingerprint density at radius 3 is 2.46 bits per heavy atom. The highest BCUT2D eigenvalue weighted by atomic mass is 19.1. The van der Waals surface area contributed by atoms with E-state index in [1.54, 1.807) is 0 Å². The lowest BCUT2D eigenvalue weighted by molar-refractivity contribution is 0.0949. The lowest BCUT2D eigenvalue weighted by Crippen LogP contribution is -2.32. The predicted octanol–water partition coefficient (Wildman–Crippen LogP) is 3.06. The molecular weight excluding hydrogens is 309 g/mol. The Balaban J connectivity index is 1.46. The fourth-order valence-electron chi connectivity index (χ4n) is 3.04. The van der Waals surface area contributed by atoms with Crippen molar-refractivity contribution in [2.24, 2.45) is 0 Å². The lowest BCUT2D eigenvalue weighted by atomic mass is 9.95. The number of carbonyl (C=O) groups is 1. The quantitative estimate of drug-likeness (QED) is 0.939. The number of halogens is 1. The molecule has 1 amide bonds. The molecule has 1 heterocycles. The third-order valence-corrected chi connectivity index (χ3v) is 4.70. The van der Waals surface area contributed by atoms with E-state index >= 15 is 0 Å². The smallest absolute Gasteiger partial charge is 0.251 e. The lowest BCUT2D eigenvalue weighted by Gasteiger charge is -2.22. The van der Waals surface area contributed by atoms with E-state index in [1.165, 1.54) is 24.3 Å². The van der Waals surface area contributed by atoms with Crippen molar-refractivity contribution in [1.82, 2.24) is 5.32 Å². The summed E-state index contributed by atoms with van der Waals surface area (Å²) in [5.74, 6) is 1.02. The first-order chi connectivity index (χ1) is 11.7. The minimum Gasteiger partial charge on any atom is -0.486 e. The van der Waals surface area contributed by atoms with Crippen LogP contribution in [0.1, 0.15) is 28.8 Å². The number of hydrogen-bond acceptors (Lipinski definition) is 3. The molecule has 2 aromatic carbocycles. The Morgan fingerprint density at radius 1 is 1.04 bits per heavy atom. The van der Waals surface area contributed by atoms with Crippen LogP contribution in [0.15, 0.2) is 42.5 Å². The van der Waals surface area contributed by atoms with Crippen molar-refractivity contribution in [3.05, 3.63) is 59.4 Å². The van der Waals surface area contributed by atoms with Crippen LogP contribution in [0.5, 0.6) is 11.5 Å². The van der Waals surface area contributed by atoms with Crippen LogP contribution in [0.3, 0.4) is 0 Å². The first-order valence-electron chi connectivity index (χ1n) is 8.10. The van der Waals surface area contributed by atoms with Gasteiger partial charge in [-0.25, -0.2) is 4.39 Å². The third-order valence-electron chi connectivity index (χ3n) is 4.70. The number of rotatable bonds is 4. The number of fused-ring (bicyclic) bond motifs is 1. The minimum atomic E-state index is -0.346. The monoisotopic (exact) mass is 327 g/mol. The molecular formula is C19H18FNO3. The molecule has 124 valence electrons. The van der Waals surface area contributed by atoms with Gasteiger partial charge in [-0.2, -0.15) is 0 Å². The second-order valence-electron chi connectivity index (χ2n) is 6.33. The molecule has 4 nitrogen and oxygen atoms in total. The number of ether oxygens (including phenoxy) is 2. The van der Waals surface area contributed by atoms with Gasteiger partial charge in [0.05, 0.1) is 0 Å². The number of benzene rings is 2. The van der Waals surface area contributed by atoms with Gasteiger partial charge in [0.15, 0.2) is 11.5 Å². The van der Waals surface area contributed by atoms with Gasteiger partial charge in [0.25, 0.3) is 5.91 Å². The summed E-state index contributed by atoms with van der Waals surface area (Å²) in [4.78, 5) is 12.2. The van der Waals surface area contributed by atoms with Gasteiger partial charge in [-0.05, 0) is 54.8 Å². The SMILES string of the molecule is O=C(NCC1(c2ccc3c(c2)OCCO3)CC1)c1ccc(F)cc1. The summed E-state index contributed by atoms with van der Waals surface area (Å²) >= 11 is 0. The van der Waals surface area contributed by atoms with Crippen LogP contribution < -0.4 is 14.8 Å². The van der Waals surface area contributed by atoms with Crippen LogP contribution in [0.4, 0.5) is 4.39 Å². The van der Waals surface area contributed by atoms with Crippen molar-refractivity contribution >= 4 is 5.91 Å². The summed E-state index contributed by atoms with van der Waals surface area (Å²) < 4.78 is 24.1. The Hall–Kier alpha value is -2.56. The predicted molar refractivity (Wildman–Crippen MR) is 87.1 cm³/mol.